The first-order valence-electron chi connectivity index (χ1n) is 7.71. The molecule has 0 bridgehead atoms. The van der Waals surface area contributed by atoms with Gasteiger partial charge in [-0.05, 0) is 51.7 Å². The van der Waals surface area contributed by atoms with Crippen LogP contribution in [0, 0.1) is 23.1 Å². The van der Waals surface area contributed by atoms with E-state index in [-0.39, 0.29) is 11.9 Å². The number of hydrogen-bond donors (Lipinski definition) is 1. The molecule has 0 radical (unpaired) electrons. The summed E-state index contributed by atoms with van der Waals surface area (Å²) in [6, 6.07) is 9.49. The summed E-state index contributed by atoms with van der Waals surface area (Å²) in [6.07, 6.45) is 2.14. The van der Waals surface area contributed by atoms with Crippen LogP contribution in [-0.2, 0) is 0 Å². The first-order valence-corrected chi connectivity index (χ1v) is 7.71. The van der Waals surface area contributed by atoms with Crippen LogP contribution in [0.3, 0.4) is 0 Å². The van der Waals surface area contributed by atoms with Gasteiger partial charge in [0.15, 0.2) is 0 Å². The summed E-state index contributed by atoms with van der Waals surface area (Å²) in [4.78, 5) is 1.96. The van der Waals surface area contributed by atoms with Gasteiger partial charge in [-0.3, -0.25) is 5.32 Å². The van der Waals surface area contributed by atoms with Crippen molar-refractivity contribution in [3.63, 3.8) is 0 Å². The van der Waals surface area contributed by atoms with Crippen molar-refractivity contribution in [3.05, 3.63) is 30.1 Å². The van der Waals surface area contributed by atoms with Gasteiger partial charge in [0, 0.05) is 19.1 Å². The molecule has 1 aliphatic carbocycles. The Morgan fingerprint density at radius 2 is 2.10 bits per heavy atom. The second-order valence-corrected chi connectivity index (χ2v) is 6.12. The first kappa shape index (κ1) is 15.8. The second-order valence-electron chi connectivity index (χ2n) is 6.12. The Labute approximate surface area is 126 Å². The standard InChI is InChI=1S/C17H24FN3/c1-4-21(16-8-6-5-7-15(16)18)12-17(11-19,14-9-10-14)20-13(2)3/h5-8,13-14,20H,4,9-10,12H2,1-3H3. The predicted molar refractivity (Wildman–Crippen MR) is 83.6 cm³/mol. The minimum absolute atomic E-state index is 0.226. The Balaban J connectivity index is 2.26. The molecule has 0 aliphatic heterocycles. The lowest BCUT2D eigenvalue weighted by Gasteiger charge is -2.36. The number of likely N-dealkylation sites (N-methyl/N-ethyl adjacent to an activating group) is 1. The fraction of sp³-hybridized carbons (Fsp3) is 0.588. The van der Waals surface area contributed by atoms with Gasteiger partial charge in [0.25, 0.3) is 0 Å². The van der Waals surface area contributed by atoms with Gasteiger partial charge < -0.3 is 4.90 Å². The van der Waals surface area contributed by atoms with E-state index in [1.54, 1.807) is 12.1 Å². The molecular formula is C17H24FN3. The van der Waals surface area contributed by atoms with Crippen LogP contribution in [0.2, 0.25) is 0 Å². The summed E-state index contributed by atoms with van der Waals surface area (Å²) in [5.41, 5.74) is -0.0160. The van der Waals surface area contributed by atoms with E-state index in [9.17, 15) is 9.65 Å². The van der Waals surface area contributed by atoms with Crippen LogP contribution >= 0.6 is 0 Å². The van der Waals surface area contributed by atoms with Crippen molar-refractivity contribution in [2.75, 3.05) is 18.0 Å². The molecule has 0 aromatic heterocycles. The first-order chi connectivity index (χ1) is 10.0. The van der Waals surface area contributed by atoms with Crippen LogP contribution in [0.25, 0.3) is 0 Å². The highest BCUT2D eigenvalue weighted by molar-refractivity contribution is 5.48. The van der Waals surface area contributed by atoms with E-state index in [2.05, 4.69) is 11.4 Å². The topological polar surface area (TPSA) is 39.1 Å². The fourth-order valence-corrected chi connectivity index (χ4v) is 2.92. The Hall–Kier alpha value is -1.60. The Bertz CT molecular complexity index is 519. The van der Waals surface area contributed by atoms with Crippen molar-refractivity contribution in [1.29, 1.82) is 5.26 Å². The highest BCUT2D eigenvalue weighted by Gasteiger charge is 2.47. The van der Waals surface area contributed by atoms with E-state index in [1.807, 2.05) is 31.7 Å². The summed E-state index contributed by atoms with van der Waals surface area (Å²) in [5, 5.41) is 13.2. The molecule has 1 fully saturated rings. The largest absolute Gasteiger partial charge is 0.367 e. The SMILES string of the molecule is CCN(CC(C#N)(NC(C)C)C1CC1)c1ccccc1F. The van der Waals surface area contributed by atoms with Gasteiger partial charge in [-0.1, -0.05) is 12.1 Å². The zero-order valence-corrected chi connectivity index (χ0v) is 13.1. The number of halogens is 1. The number of para-hydroxylation sites is 1. The van der Waals surface area contributed by atoms with E-state index in [0.29, 0.717) is 24.7 Å². The average molecular weight is 289 g/mol. The summed E-state index contributed by atoms with van der Waals surface area (Å²) in [5.74, 6) is 0.136. The predicted octanol–water partition coefficient (Wildman–Crippen LogP) is 3.32. The number of hydrogen-bond acceptors (Lipinski definition) is 3. The third-order valence-electron chi connectivity index (χ3n) is 4.04. The van der Waals surface area contributed by atoms with Crippen molar-refractivity contribution in [2.45, 2.75) is 45.2 Å². The maximum Gasteiger partial charge on any atom is 0.146 e. The quantitative estimate of drug-likeness (QED) is 0.837. The number of nitriles is 1. The molecule has 1 aromatic carbocycles. The number of nitrogens with one attached hydrogen (secondary N) is 1. The molecule has 0 heterocycles. The van der Waals surface area contributed by atoms with Gasteiger partial charge in [0.1, 0.15) is 11.4 Å². The van der Waals surface area contributed by atoms with Gasteiger partial charge in [0.2, 0.25) is 0 Å². The summed E-state index contributed by atoms with van der Waals surface area (Å²) in [6.45, 7) is 7.29. The lowest BCUT2D eigenvalue weighted by Crippen LogP contribution is -2.57. The van der Waals surface area contributed by atoms with Crippen LogP contribution < -0.4 is 10.2 Å². The molecule has 0 saturated heterocycles. The zero-order chi connectivity index (χ0) is 15.5. The lowest BCUT2D eigenvalue weighted by molar-refractivity contribution is 0.335. The van der Waals surface area contributed by atoms with Gasteiger partial charge in [-0.25, -0.2) is 4.39 Å². The van der Waals surface area contributed by atoms with E-state index >= 15 is 0 Å². The lowest BCUT2D eigenvalue weighted by atomic mass is 9.92. The number of rotatable bonds is 7. The molecule has 1 saturated carbocycles. The fourth-order valence-electron chi connectivity index (χ4n) is 2.92. The molecule has 0 amide bonds. The minimum Gasteiger partial charge on any atom is -0.367 e. The maximum absolute atomic E-state index is 14.0. The zero-order valence-electron chi connectivity index (χ0n) is 13.1. The molecule has 3 nitrogen and oxygen atoms in total. The van der Waals surface area contributed by atoms with Gasteiger partial charge in [0.05, 0.1) is 11.8 Å². The molecule has 1 aromatic rings. The summed E-state index contributed by atoms with van der Waals surface area (Å²) >= 11 is 0. The van der Waals surface area contributed by atoms with Crippen molar-refractivity contribution in [1.82, 2.24) is 5.32 Å². The molecule has 21 heavy (non-hydrogen) atoms. The number of benzene rings is 1. The molecule has 1 unspecified atom stereocenters. The van der Waals surface area contributed by atoms with Crippen LogP contribution in [0.4, 0.5) is 10.1 Å². The van der Waals surface area contributed by atoms with Gasteiger partial charge >= 0.3 is 0 Å². The van der Waals surface area contributed by atoms with Crippen LogP contribution in [0.15, 0.2) is 24.3 Å². The third kappa shape index (κ3) is 3.54. The normalized spacial score (nSPS) is 17.3. The molecule has 1 N–H and O–H groups in total. The molecule has 114 valence electrons. The highest BCUT2D eigenvalue weighted by Crippen LogP contribution is 2.41. The van der Waals surface area contributed by atoms with Gasteiger partial charge in [-0.15, -0.1) is 0 Å². The van der Waals surface area contributed by atoms with E-state index in [4.69, 9.17) is 0 Å². The van der Waals surface area contributed by atoms with E-state index in [0.717, 1.165) is 12.8 Å². The highest BCUT2D eigenvalue weighted by atomic mass is 19.1. The van der Waals surface area contributed by atoms with Crippen molar-refractivity contribution in [3.8, 4) is 6.07 Å². The molecule has 2 rings (SSSR count). The molecule has 1 aliphatic rings. The van der Waals surface area contributed by atoms with Gasteiger partial charge in [-0.2, -0.15) is 5.26 Å². The summed E-state index contributed by atoms with van der Waals surface area (Å²) in [7, 11) is 0. The number of anilines is 1. The van der Waals surface area contributed by atoms with Crippen LogP contribution in [-0.4, -0.2) is 24.7 Å². The Morgan fingerprint density at radius 1 is 1.43 bits per heavy atom. The second kappa shape index (κ2) is 6.44. The van der Waals surface area contributed by atoms with Crippen LogP contribution in [0.5, 0.6) is 0 Å². The van der Waals surface area contributed by atoms with Crippen molar-refractivity contribution >= 4 is 5.69 Å². The minimum atomic E-state index is -0.591. The third-order valence-corrected chi connectivity index (χ3v) is 4.04. The van der Waals surface area contributed by atoms with E-state index in [1.165, 1.54) is 6.07 Å². The van der Waals surface area contributed by atoms with Crippen molar-refractivity contribution in [2.24, 2.45) is 5.92 Å². The monoisotopic (exact) mass is 289 g/mol. The Morgan fingerprint density at radius 3 is 2.57 bits per heavy atom. The smallest absolute Gasteiger partial charge is 0.146 e. The van der Waals surface area contributed by atoms with Crippen LogP contribution in [0.1, 0.15) is 33.6 Å². The average Bonchev–Trinajstić information content (AvgIpc) is 3.29. The number of nitrogens with zero attached hydrogens (tertiary/aromatic N) is 2. The van der Waals surface area contributed by atoms with Crippen molar-refractivity contribution < 1.29 is 4.39 Å². The van der Waals surface area contributed by atoms with E-state index < -0.39 is 5.54 Å². The molecular weight excluding hydrogens is 265 g/mol. The molecule has 0 spiro atoms. The Kier molecular flexibility index (Phi) is 4.84. The molecule has 1 atom stereocenters. The maximum atomic E-state index is 14.0. The molecule has 4 heteroatoms. The summed E-state index contributed by atoms with van der Waals surface area (Å²) < 4.78 is 14.0.